The number of rotatable bonds is 4. The fourth-order valence-corrected chi connectivity index (χ4v) is 3.30. The van der Waals surface area contributed by atoms with Crippen molar-refractivity contribution in [2.75, 3.05) is 5.75 Å². The van der Waals surface area contributed by atoms with E-state index in [1.165, 1.54) is 11.5 Å². The molecule has 0 unspecified atom stereocenters. The highest BCUT2D eigenvalue weighted by molar-refractivity contribution is 8.01. The molecule has 0 bridgehead atoms. The number of aryl methyl sites for hydroxylation is 1. The maximum Gasteiger partial charge on any atom is 0.174 e. The number of aromatic nitrogens is 4. The molecule has 0 aliphatic carbocycles. The van der Waals surface area contributed by atoms with Crippen LogP contribution >= 0.6 is 34.6 Å². The number of nitrogens with zero attached hydrogens (tertiary/aromatic N) is 4. The van der Waals surface area contributed by atoms with Gasteiger partial charge in [0, 0.05) is 5.75 Å². The van der Waals surface area contributed by atoms with Crippen molar-refractivity contribution in [1.29, 1.82) is 0 Å². The quantitative estimate of drug-likeness (QED) is 0.622. The average Bonchev–Trinajstić information content (AvgIpc) is 2.83. The minimum absolute atomic E-state index is 0.856. The van der Waals surface area contributed by atoms with E-state index in [-0.39, 0.29) is 0 Å². The fourth-order valence-electron chi connectivity index (χ4n) is 0.918. The first-order valence-electron chi connectivity index (χ1n) is 4.18. The van der Waals surface area contributed by atoms with Crippen LogP contribution in [0.25, 0.3) is 9.88 Å². The highest BCUT2D eigenvalue weighted by atomic mass is 32.2. The van der Waals surface area contributed by atoms with Crippen LogP contribution in [0.15, 0.2) is 17.0 Å². The maximum absolute atomic E-state index is 4.12. The lowest BCUT2D eigenvalue weighted by Gasteiger charge is -1.87. The van der Waals surface area contributed by atoms with Crippen LogP contribution in [0.3, 0.4) is 0 Å². The molecule has 0 fully saturated rings. The van der Waals surface area contributed by atoms with Crippen molar-refractivity contribution < 1.29 is 0 Å². The Morgan fingerprint density at radius 3 is 2.93 bits per heavy atom. The van der Waals surface area contributed by atoms with Crippen molar-refractivity contribution >= 4 is 34.6 Å². The van der Waals surface area contributed by atoms with Gasteiger partial charge in [-0.3, -0.25) is 0 Å². The number of hydrogen-bond acceptors (Lipinski definition) is 7. The van der Waals surface area contributed by atoms with Gasteiger partial charge in [-0.15, -0.1) is 21.9 Å². The van der Waals surface area contributed by atoms with Gasteiger partial charge < -0.3 is 0 Å². The minimum Gasteiger partial charge on any atom is -0.143 e. The molecule has 15 heavy (non-hydrogen) atoms. The molecule has 2 aromatic heterocycles. The van der Waals surface area contributed by atoms with E-state index in [4.69, 9.17) is 0 Å². The van der Waals surface area contributed by atoms with Crippen molar-refractivity contribution in [3.8, 4) is 9.88 Å². The van der Waals surface area contributed by atoms with E-state index in [0.717, 1.165) is 25.7 Å². The van der Waals surface area contributed by atoms with E-state index >= 15 is 0 Å². The zero-order valence-electron chi connectivity index (χ0n) is 8.01. The molecule has 0 saturated heterocycles. The van der Waals surface area contributed by atoms with E-state index in [0.29, 0.717) is 0 Å². The van der Waals surface area contributed by atoms with Crippen LogP contribution < -0.4 is 0 Å². The summed E-state index contributed by atoms with van der Waals surface area (Å²) < 4.78 is 4.83. The summed E-state index contributed by atoms with van der Waals surface area (Å²) in [6, 6.07) is 0. The van der Waals surface area contributed by atoms with Gasteiger partial charge >= 0.3 is 0 Å². The monoisotopic (exact) mass is 256 g/mol. The highest BCUT2D eigenvalue weighted by Gasteiger charge is 2.12. The topological polar surface area (TPSA) is 51.6 Å². The van der Waals surface area contributed by atoms with E-state index < -0.39 is 0 Å². The van der Waals surface area contributed by atoms with Gasteiger partial charge in [-0.1, -0.05) is 33.7 Å². The van der Waals surface area contributed by atoms with Gasteiger partial charge in [-0.25, -0.2) is 0 Å². The maximum atomic E-state index is 4.12. The molecule has 0 N–H and O–H groups in total. The second-order valence-corrected chi connectivity index (χ2v) is 5.66. The van der Waals surface area contributed by atoms with Gasteiger partial charge in [0.25, 0.3) is 0 Å². The third-order valence-electron chi connectivity index (χ3n) is 1.58. The molecule has 0 spiro atoms. The van der Waals surface area contributed by atoms with Crippen LogP contribution in [0.2, 0.25) is 0 Å². The summed E-state index contributed by atoms with van der Waals surface area (Å²) >= 11 is 4.56. The molecular formula is C8H8N4S3. The van der Waals surface area contributed by atoms with Gasteiger partial charge in [0.15, 0.2) is 9.35 Å². The zero-order chi connectivity index (χ0) is 10.7. The average molecular weight is 256 g/mol. The Hall–Kier alpha value is -0.790. The van der Waals surface area contributed by atoms with E-state index in [1.54, 1.807) is 23.1 Å². The number of thioether (sulfide) groups is 1. The van der Waals surface area contributed by atoms with Gasteiger partial charge in [0.1, 0.15) is 4.88 Å². The lowest BCUT2D eigenvalue weighted by Crippen LogP contribution is -1.76. The summed E-state index contributed by atoms with van der Waals surface area (Å²) in [5, 5.41) is 13.0. The molecule has 0 saturated carbocycles. The van der Waals surface area contributed by atoms with Crippen LogP contribution in [-0.4, -0.2) is 25.5 Å². The first-order chi connectivity index (χ1) is 7.31. The molecule has 0 aliphatic heterocycles. The largest absolute Gasteiger partial charge is 0.174 e. The Kier molecular flexibility index (Phi) is 3.45. The molecule has 2 heterocycles. The Balaban J connectivity index is 2.20. The number of hydrogen-bond donors (Lipinski definition) is 0. The molecule has 2 rings (SSSR count). The lowest BCUT2D eigenvalue weighted by atomic mass is 10.4. The molecule has 0 amide bonds. The molecule has 2 aromatic rings. The van der Waals surface area contributed by atoms with Crippen molar-refractivity contribution in [1.82, 2.24) is 19.8 Å². The molecule has 0 radical (unpaired) electrons. The van der Waals surface area contributed by atoms with Crippen LogP contribution in [0.4, 0.5) is 0 Å². The standard InChI is InChI=1S/C8H8N4S3/c1-3-4-13-8-11-10-7(14-8)6-5(2)9-12-15-6/h3H,1,4H2,2H3. The fraction of sp³-hybridized carbons (Fsp3) is 0.250. The van der Waals surface area contributed by atoms with Gasteiger partial charge in [-0.2, -0.15) is 0 Å². The highest BCUT2D eigenvalue weighted by Crippen LogP contribution is 2.32. The van der Waals surface area contributed by atoms with E-state index in [2.05, 4.69) is 26.4 Å². The Morgan fingerprint density at radius 2 is 2.27 bits per heavy atom. The predicted octanol–water partition coefficient (Wildman–Crippen LogP) is 2.64. The summed E-state index contributed by atoms with van der Waals surface area (Å²) in [5.74, 6) is 0.856. The summed E-state index contributed by atoms with van der Waals surface area (Å²) in [4.78, 5) is 1.01. The van der Waals surface area contributed by atoms with Gasteiger partial charge in [-0.05, 0) is 18.5 Å². The molecule has 4 nitrogen and oxygen atoms in total. The zero-order valence-corrected chi connectivity index (χ0v) is 10.5. The van der Waals surface area contributed by atoms with Crippen LogP contribution in [0, 0.1) is 6.92 Å². The molecule has 7 heteroatoms. The van der Waals surface area contributed by atoms with Gasteiger partial charge in [0.05, 0.1) is 5.69 Å². The van der Waals surface area contributed by atoms with Crippen molar-refractivity contribution in [2.24, 2.45) is 0 Å². The van der Waals surface area contributed by atoms with E-state index in [9.17, 15) is 0 Å². The first kappa shape index (κ1) is 10.7. The normalized spacial score (nSPS) is 10.5. The molecular weight excluding hydrogens is 248 g/mol. The SMILES string of the molecule is C=CCSc1nnc(-c2snnc2C)s1. The van der Waals surface area contributed by atoms with Crippen LogP contribution in [-0.2, 0) is 0 Å². The third-order valence-corrected chi connectivity index (χ3v) is 4.61. The Bertz CT molecular complexity index is 462. The van der Waals surface area contributed by atoms with Crippen molar-refractivity contribution in [3.05, 3.63) is 18.3 Å². The smallest absolute Gasteiger partial charge is 0.143 e. The second kappa shape index (κ2) is 4.82. The molecule has 0 aromatic carbocycles. The minimum atomic E-state index is 0.856. The van der Waals surface area contributed by atoms with Crippen LogP contribution in [0.1, 0.15) is 5.69 Å². The summed E-state index contributed by atoms with van der Waals surface area (Å²) in [5.41, 5.74) is 0.913. The molecule has 78 valence electrons. The van der Waals surface area contributed by atoms with Crippen molar-refractivity contribution in [2.45, 2.75) is 11.3 Å². The molecule has 0 aliphatic rings. The molecule has 0 atom stereocenters. The summed E-state index contributed by atoms with van der Waals surface area (Å²) in [6.45, 7) is 5.59. The van der Waals surface area contributed by atoms with Crippen LogP contribution in [0.5, 0.6) is 0 Å². The van der Waals surface area contributed by atoms with Crippen molar-refractivity contribution in [3.63, 3.8) is 0 Å². The predicted molar refractivity (Wildman–Crippen MR) is 64.5 cm³/mol. The van der Waals surface area contributed by atoms with Gasteiger partial charge in [0.2, 0.25) is 0 Å². The van der Waals surface area contributed by atoms with E-state index in [1.807, 2.05) is 13.0 Å². The lowest BCUT2D eigenvalue weighted by molar-refractivity contribution is 1.01. The third kappa shape index (κ3) is 2.42. The summed E-state index contributed by atoms with van der Waals surface area (Å²) in [6.07, 6.45) is 1.85. The summed E-state index contributed by atoms with van der Waals surface area (Å²) in [7, 11) is 0. The Labute approximate surface area is 99.6 Å². The second-order valence-electron chi connectivity index (χ2n) is 2.66. The Morgan fingerprint density at radius 1 is 1.40 bits per heavy atom. The first-order valence-corrected chi connectivity index (χ1v) is 6.75.